The Morgan fingerprint density at radius 2 is 1.73 bits per heavy atom. The topological polar surface area (TPSA) is 192 Å². The van der Waals surface area contributed by atoms with Crippen LogP contribution in [0.4, 0.5) is 15.9 Å². The van der Waals surface area contributed by atoms with Crippen molar-refractivity contribution >= 4 is 54.0 Å². The molecule has 0 amide bonds. The van der Waals surface area contributed by atoms with E-state index < -0.39 is 20.0 Å². The van der Waals surface area contributed by atoms with Gasteiger partial charge in [-0.3, -0.25) is 4.55 Å². The second kappa shape index (κ2) is 17.5. The maximum Gasteiger partial charge on any atom is 0.294 e. The Bertz CT molecular complexity index is 2360. The second-order valence-corrected chi connectivity index (χ2v) is 15.6. The van der Waals surface area contributed by atoms with Crippen molar-refractivity contribution in [1.29, 1.82) is 0 Å². The Morgan fingerprint density at radius 1 is 0.962 bits per heavy atom. The molecule has 5 N–H and O–H groups in total. The average Bonchev–Trinajstić information content (AvgIpc) is 3.55. The molecular weight excluding hydrogens is 737 g/mol. The quantitative estimate of drug-likeness (QED) is 0.0902. The molecule has 4 aromatic carbocycles. The van der Waals surface area contributed by atoms with Gasteiger partial charge >= 0.3 is 0 Å². The molecule has 16 heteroatoms. The molecule has 0 aliphatic heterocycles. The zero-order valence-corrected chi connectivity index (χ0v) is 30.4. The van der Waals surface area contributed by atoms with Gasteiger partial charge in [0.05, 0.1) is 27.7 Å². The van der Waals surface area contributed by atoms with Gasteiger partial charge in [-0.05, 0) is 85.3 Å². The smallest absolute Gasteiger partial charge is 0.294 e. The van der Waals surface area contributed by atoms with Crippen molar-refractivity contribution in [2.75, 3.05) is 23.9 Å². The molecule has 274 valence electrons. The first-order valence-electron chi connectivity index (χ1n) is 15.4. The van der Waals surface area contributed by atoms with E-state index in [9.17, 15) is 21.2 Å². The number of sulfone groups is 1. The van der Waals surface area contributed by atoms with Gasteiger partial charge in [-0.1, -0.05) is 41.4 Å². The zero-order chi connectivity index (χ0) is 36.6. The highest BCUT2D eigenvalue weighted by atomic mass is 35.5. The first-order valence-corrected chi connectivity index (χ1v) is 19.3. The number of anilines is 2. The first-order chi connectivity index (χ1) is 24.2. The Hall–Kier alpha value is -4.90. The van der Waals surface area contributed by atoms with Crippen molar-refractivity contribution in [2.45, 2.75) is 25.0 Å². The van der Waals surface area contributed by atoms with Crippen molar-refractivity contribution in [2.24, 2.45) is 0 Å². The number of fused-ring (bicyclic) bond motifs is 1. The van der Waals surface area contributed by atoms with Gasteiger partial charge in [0.15, 0.2) is 0 Å². The number of rotatable bonds is 12. The maximum absolute atomic E-state index is 13.4. The monoisotopic (exact) mass is 772 g/mol. The van der Waals surface area contributed by atoms with Crippen LogP contribution in [0.1, 0.15) is 16.9 Å². The summed E-state index contributed by atoms with van der Waals surface area (Å²) in [5.41, 5.74) is 3.95. The highest BCUT2D eigenvalue weighted by Gasteiger charge is 2.12. The summed E-state index contributed by atoms with van der Waals surface area (Å²) >= 11 is 6.47. The average molecular weight is 773 g/mol. The Balaban J connectivity index is 0.000000433. The molecule has 0 unspecified atom stereocenters. The lowest BCUT2D eigenvalue weighted by Gasteiger charge is -2.12. The van der Waals surface area contributed by atoms with Crippen molar-refractivity contribution in [3.63, 3.8) is 0 Å². The molecule has 12 nitrogen and oxygen atoms in total. The SMILES string of the molecule is CS(=O)(=O)CCNCc1ccc(-c2ccc3ncn[14c](Nc4ccc(OCc5cccc(F)c5)c(Cl)c4)c3c2)o1.Cc1ccc(S(=O)(=O)O)cc1.O. The van der Waals surface area contributed by atoms with Crippen molar-refractivity contribution < 1.29 is 40.4 Å². The minimum atomic E-state index is -4.02. The van der Waals surface area contributed by atoms with Crippen molar-refractivity contribution in [3.05, 3.63) is 131 Å². The van der Waals surface area contributed by atoms with E-state index in [0.717, 1.165) is 22.0 Å². The van der Waals surface area contributed by atoms with Gasteiger partial charge in [0.25, 0.3) is 10.1 Å². The summed E-state index contributed by atoms with van der Waals surface area (Å²) < 4.78 is 77.3. The number of nitrogens with one attached hydrogen (secondary N) is 2. The van der Waals surface area contributed by atoms with Crippen LogP contribution in [-0.2, 0) is 33.1 Å². The maximum atomic E-state index is 13.4. The number of furan rings is 1. The lowest BCUT2D eigenvalue weighted by molar-refractivity contribution is 0.306. The normalized spacial score (nSPS) is 11.3. The van der Waals surface area contributed by atoms with Gasteiger partial charge in [0.2, 0.25) is 0 Å². The molecule has 0 aliphatic carbocycles. The van der Waals surface area contributed by atoms with Crippen molar-refractivity contribution in [3.8, 4) is 17.1 Å². The van der Waals surface area contributed by atoms with Crippen LogP contribution in [0, 0.1) is 12.7 Å². The van der Waals surface area contributed by atoms with Crippen LogP contribution in [0.15, 0.2) is 113 Å². The van der Waals surface area contributed by atoms with Gasteiger partial charge in [0, 0.05) is 29.4 Å². The van der Waals surface area contributed by atoms with Crippen LogP contribution in [0.25, 0.3) is 22.2 Å². The largest absolute Gasteiger partial charge is 0.487 e. The second-order valence-electron chi connectivity index (χ2n) is 11.5. The Labute approximate surface area is 305 Å². The van der Waals surface area contributed by atoms with Crippen LogP contribution in [0.2, 0.25) is 5.02 Å². The highest BCUT2D eigenvalue weighted by Crippen LogP contribution is 2.33. The fourth-order valence-electron chi connectivity index (χ4n) is 4.74. The first kappa shape index (κ1) is 39.9. The van der Waals surface area contributed by atoms with Gasteiger partial charge in [0.1, 0.15) is 51.7 Å². The van der Waals surface area contributed by atoms with E-state index in [2.05, 4.69) is 20.6 Å². The molecule has 2 aromatic heterocycles. The van der Waals surface area contributed by atoms with Gasteiger partial charge in [-0.25, -0.2) is 22.8 Å². The predicted molar refractivity (Wildman–Crippen MR) is 199 cm³/mol. The summed E-state index contributed by atoms with van der Waals surface area (Å²) in [4.78, 5) is 8.73. The van der Waals surface area contributed by atoms with Gasteiger partial charge in [-0.2, -0.15) is 8.42 Å². The molecule has 6 aromatic rings. The summed E-state index contributed by atoms with van der Waals surface area (Å²) in [7, 11) is -7.04. The predicted octanol–water partition coefficient (Wildman–Crippen LogP) is 6.56. The Morgan fingerprint density at radius 3 is 2.42 bits per heavy atom. The van der Waals surface area contributed by atoms with E-state index >= 15 is 0 Å². The molecule has 0 radical (unpaired) electrons. The van der Waals surface area contributed by atoms with Crippen LogP contribution in [0.5, 0.6) is 5.75 Å². The summed E-state index contributed by atoms with van der Waals surface area (Å²) in [6, 6.07) is 27.0. The third-order valence-corrected chi connectivity index (χ3v) is 9.44. The van der Waals surface area contributed by atoms with E-state index in [4.69, 9.17) is 25.3 Å². The zero-order valence-electron chi connectivity index (χ0n) is 28.0. The van der Waals surface area contributed by atoms with E-state index in [-0.39, 0.29) is 28.5 Å². The summed E-state index contributed by atoms with van der Waals surface area (Å²) in [6.45, 7) is 2.80. The number of nitrogens with zero attached hydrogens (tertiary/aromatic N) is 2. The number of aryl methyl sites for hydroxylation is 1. The molecule has 2 heterocycles. The lowest BCUT2D eigenvalue weighted by atomic mass is 10.1. The summed E-state index contributed by atoms with van der Waals surface area (Å²) in [5.74, 6) is 2.17. The van der Waals surface area contributed by atoms with Crippen LogP contribution >= 0.6 is 11.6 Å². The van der Waals surface area contributed by atoms with Crippen LogP contribution in [-0.4, -0.2) is 55.4 Å². The molecule has 6 rings (SSSR count). The van der Waals surface area contributed by atoms with Gasteiger partial charge < -0.3 is 25.3 Å². The molecular formula is C36H36ClFN4O8S2. The molecule has 0 saturated heterocycles. The number of hydrogen-bond donors (Lipinski definition) is 3. The van der Waals surface area contributed by atoms with E-state index in [1.807, 2.05) is 43.3 Å². The summed E-state index contributed by atoms with van der Waals surface area (Å²) in [5, 5.41) is 7.56. The lowest BCUT2D eigenvalue weighted by Crippen LogP contribution is -2.21. The number of hydrogen-bond acceptors (Lipinski definition) is 10. The van der Waals surface area contributed by atoms with E-state index in [1.54, 1.807) is 36.4 Å². The molecule has 0 atom stereocenters. The number of aromatic nitrogens is 2. The molecule has 0 aliphatic rings. The molecule has 0 bridgehead atoms. The fourth-order valence-corrected chi connectivity index (χ4v) is 5.97. The summed E-state index contributed by atoms with van der Waals surface area (Å²) in [6.07, 6.45) is 2.69. The third kappa shape index (κ3) is 11.6. The van der Waals surface area contributed by atoms with E-state index in [0.29, 0.717) is 52.5 Å². The third-order valence-electron chi connectivity index (χ3n) is 7.33. The minimum absolute atomic E-state index is 0. The number of benzene rings is 4. The standard InChI is InChI=1S/C29H26ClFN4O4S.C7H8O3S.H2O/c1-40(36,37)12-11-32-16-23-7-10-27(39-23)20-5-8-26-24(14-20)29(34-18-33-26)35-22-6-9-28(25(30)15-22)38-17-19-3-2-4-21(31)13-19;1-6-2-4-7(5-3-6)11(8,9)10;/h2-10,13-15,18,32H,11-12,16-17H2,1H3,(H,33,34,35);2-5H,1H3,(H,8,9,10);1H2/i29+2;;. The molecule has 52 heavy (non-hydrogen) atoms. The van der Waals surface area contributed by atoms with Gasteiger partial charge in [-0.15, -0.1) is 0 Å². The minimum Gasteiger partial charge on any atom is -0.487 e. The molecule has 0 spiro atoms. The van der Waals surface area contributed by atoms with Crippen LogP contribution < -0.4 is 15.4 Å². The van der Waals surface area contributed by atoms with E-state index in [1.165, 1.54) is 36.8 Å². The number of ether oxygens (including phenoxy) is 1. The molecule has 0 fully saturated rings. The fraction of sp³-hybridized carbons (Fsp3) is 0.167. The molecule has 0 saturated carbocycles. The highest BCUT2D eigenvalue weighted by molar-refractivity contribution is 7.90. The van der Waals surface area contributed by atoms with Crippen molar-refractivity contribution in [1.82, 2.24) is 15.3 Å². The Kier molecular flexibility index (Phi) is 13.5. The van der Waals surface area contributed by atoms with Crippen LogP contribution in [0.3, 0.4) is 0 Å². The number of halogens is 2.